The van der Waals surface area contributed by atoms with Crippen LogP contribution < -0.4 is 18.9 Å². The molecular weight excluding hydrogens is 314 g/mol. The fourth-order valence-electron chi connectivity index (χ4n) is 1.31. The molecule has 20 heavy (non-hydrogen) atoms. The molecular formula is C9H6ClF3LiN3O2S. The maximum atomic E-state index is 12.6. The van der Waals surface area contributed by atoms with Crippen molar-refractivity contribution < 1.29 is 42.2 Å². The van der Waals surface area contributed by atoms with Gasteiger partial charge in [0, 0.05) is 12.3 Å². The molecule has 0 aliphatic rings. The van der Waals surface area contributed by atoms with Crippen molar-refractivity contribution in [2.24, 2.45) is 0 Å². The van der Waals surface area contributed by atoms with E-state index in [1.54, 1.807) is 0 Å². The van der Waals surface area contributed by atoms with E-state index in [1.807, 2.05) is 0 Å². The number of pyridine rings is 1. The van der Waals surface area contributed by atoms with Crippen LogP contribution in [0.3, 0.4) is 0 Å². The molecule has 2 aromatic heterocycles. The van der Waals surface area contributed by atoms with Crippen LogP contribution in [-0.4, -0.2) is 23.5 Å². The SMILES string of the molecule is O=S(O)c1cc(C(F)(F)F)nn1-c1ncccc1Cl.[H-].[Li+]. The largest absolute Gasteiger partial charge is 1.00 e. The van der Waals surface area contributed by atoms with E-state index < -0.39 is 28.0 Å². The zero-order valence-electron chi connectivity index (χ0n) is 10.9. The second-order valence-corrected chi connectivity index (χ2v) is 4.66. The van der Waals surface area contributed by atoms with Gasteiger partial charge in [-0.25, -0.2) is 13.9 Å². The van der Waals surface area contributed by atoms with Gasteiger partial charge in [-0.2, -0.15) is 18.3 Å². The molecule has 2 aromatic rings. The third kappa shape index (κ3) is 3.42. The molecule has 0 spiro atoms. The summed E-state index contributed by atoms with van der Waals surface area (Å²) in [5.74, 6) is -0.155. The summed E-state index contributed by atoms with van der Waals surface area (Å²) in [5.41, 5.74) is -1.30. The molecule has 0 bridgehead atoms. The van der Waals surface area contributed by atoms with Crippen LogP contribution in [0.5, 0.6) is 0 Å². The van der Waals surface area contributed by atoms with Gasteiger partial charge in [0.2, 0.25) is 11.1 Å². The minimum absolute atomic E-state index is 0. The van der Waals surface area contributed by atoms with E-state index in [1.165, 1.54) is 18.3 Å². The van der Waals surface area contributed by atoms with Crippen LogP contribution in [-0.2, 0) is 17.3 Å². The Labute approximate surface area is 132 Å². The summed E-state index contributed by atoms with van der Waals surface area (Å²) < 4.78 is 58.3. The molecule has 104 valence electrons. The third-order valence-corrected chi connectivity index (χ3v) is 3.03. The van der Waals surface area contributed by atoms with Crippen molar-refractivity contribution in [1.82, 2.24) is 14.8 Å². The van der Waals surface area contributed by atoms with Crippen molar-refractivity contribution >= 4 is 22.7 Å². The van der Waals surface area contributed by atoms with E-state index >= 15 is 0 Å². The number of alkyl halides is 3. The fourth-order valence-corrected chi connectivity index (χ4v) is 2.00. The smallest absolute Gasteiger partial charge is 1.00 e. The van der Waals surface area contributed by atoms with Crippen molar-refractivity contribution in [3.63, 3.8) is 0 Å². The number of nitrogens with zero attached hydrogens (tertiary/aromatic N) is 3. The van der Waals surface area contributed by atoms with E-state index in [-0.39, 0.29) is 31.1 Å². The van der Waals surface area contributed by atoms with E-state index in [0.29, 0.717) is 10.7 Å². The molecule has 0 radical (unpaired) electrons. The van der Waals surface area contributed by atoms with Crippen molar-refractivity contribution in [2.75, 3.05) is 0 Å². The Bertz CT molecular complexity index is 655. The van der Waals surface area contributed by atoms with Gasteiger partial charge in [-0.15, -0.1) is 0 Å². The van der Waals surface area contributed by atoms with Crippen molar-refractivity contribution in [3.8, 4) is 5.82 Å². The maximum absolute atomic E-state index is 12.6. The van der Waals surface area contributed by atoms with Gasteiger partial charge in [-0.3, -0.25) is 0 Å². The molecule has 1 unspecified atom stereocenters. The Morgan fingerprint density at radius 3 is 2.60 bits per heavy atom. The van der Waals surface area contributed by atoms with E-state index in [4.69, 9.17) is 16.2 Å². The van der Waals surface area contributed by atoms with Gasteiger partial charge in [0.15, 0.2) is 16.5 Å². The molecule has 1 N–H and O–H groups in total. The molecule has 0 aromatic carbocycles. The Morgan fingerprint density at radius 2 is 2.10 bits per heavy atom. The molecule has 0 saturated carbocycles. The predicted molar refractivity (Wildman–Crippen MR) is 61.5 cm³/mol. The summed E-state index contributed by atoms with van der Waals surface area (Å²) in [6.45, 7) is 0. The van der Waals surface area contributed by atoms with Crippen LogP contribution in [0, 0.1) is 0 Å². The van der Waals surface area contributed by atoms with E-state index in [9.17, 15) is 17.4 Å². The third-order valence-electron chi connectivity index (χ3n) is 2.09. The average Bonchev–Trinajstić information content (AvgIpc) is 2.74. The molecule has 5 nitrogen and oxygen atoms in total. The molecule has 2 rings (SSSR count). The van der Waals surface area contributed by atoms with Crippen LogP contribution >= 0.6 is 11.6 Å². The standard InChI is InChI=1S/C9H5ClF3N3O2S.Li.H/c10-5-2-1-3-14-8(5)16-7(19(17)18)4-6(15-16)9(11,12)13;;/h1-4H,(H,17,18);;/q;+1;-1. The van der Waals surface area contributed by atoms with Crippen LogP contribution in [0.1, 0.15) is 7.12 Å². The molecule has 0 aliphatic heterocycles. The molecule has 0 aliphatic carbocycles. The first kappa shape index (κ1) is 17.2. The Morgan fingerprint density at radius 1 is 1.45 bits per heavy atom. The monoisotopic (exact) mass is 319 g/mol. The first-order valence-corrected chi connectivity index (χ1v) is 6.18. The molecule has 1 atom stereocenters. The van der Waals surface area contributed by atoms with Crippen LogP contribution in [0.2, 0.25) is 5.02 Å². The zero-order chi connectivity index (χ0) is 14.2. The summed E-state index contributed by atoms with van der Waals surface area (Å²) in [7, 11) is 0. The molecule has 11 heteroatoms. The summed E-state index contributed by atoms with van der Waals surface area (Å²) in [6, 6.07) is 3.32. The summed E-state index contributed by atoms with van der Waals surface area (Å²) in [4.78, 5) is 3.74. The van der Waals surface area contributed by atoms with Crippen LogP contribution in [0.4, 0.5) is 13.2 Å². The molecule has 0 amide bonds. The number of hydrogen-bond donors (Lipinski definition) is 1. The Hall–Kier alpha value is -0.853. The number of halogens is 4. The van der Waals surface area contributed by atoms with E-state index in [0.717, 1.165) is 0 Å². The zero-order valence-corrected chi connectivity index (χ0v) is 11.5. The van der Waals surface area contributed by atoms with Gasteiger partial charge >= 0.3 is 25.0 Å². The Kier molecular flexibility index (Phi) is 5.40. The summed E-state index contributed by atoms with van der Waals surface area (Å²) >= 11 is 3.11. The molecule has 0 fully saturated rings. The van der Waals surface area contributed by atoms with Gasteiger partial charge in [-0.1, -0.05) is 11.6 Å². The van der Waals surface area contributed by atoms with Crippen molar-refractivity contribution in [2.45, 2.75) is 11.2 Å². The molecule has 0 saturated heterocycles. The maximum Gasteiger partial charge on any atom is 1.00 e. The van der Waals surface area contributed by atoms with Gasteiger partial charge in [-0.05, 0) is 12.1 Å². The first-order valence-electron chi connectivity index (χ1n) is 4.69. The van der Waals surface area contributed by atoms with Crippen LogP contribution in [0.25, 0.3) is 5.82 Å². The summed E-state index contributed by atoms with van der Waals surface area (Å²) in [6.07, 6.45) is -3.46. The first-order chi connectivity index (χ1) is 8.80. The second-order valence-electron chi connectivity index (χ2n) is 3.34. The van der Waals surface area contributed by atoms with E-state index in [2.05, 4.69) is 10.1 Å². The number of hydrogen-bond acceptors (Lipinski definition) is 3. The van der Waals surface area contributed by atoms with Gasteiger partial charge in [0.1, 0.15) is 0 Å². The predicted octanol–water partition coefficient (Wildman–Crippen LogP) is -0.363. The average molecular weight is 320 g/mol. The topological polar surface area (TPSA) is 68.0 Å². The van der Waals surface area contributed by atoms with Gasteiger partial charge in [0.05, 0.1) is 5.02 Å². The normalized spacial score (nSPS) is 12.8. The minimum atomic E-state index is -4.74. The fraction of sp³-hybridized carbons (Fsp3) is 0.111. The molecule has 2 heterocycles. The summed E-state index contributed by atoms with van der Waals surface area (Å²) in [5, 5.41) is 2.67. The number of aromatic nitrogens is 3. The van der Waals surface area contributed by atoms with Gasteiger partial charge < -0.3 is 5.98 Å². The number of rotatable bonds is 2. The van der Waals surface area contributed by atoms with Crippen LogP contribution in [0.15, 0.2) is 29.4 Å². The second kappa shape index (κ2) is 6.28. The van der Waals surface area contributed by atoms with Gasteiger partial charge in [0.25, 0.3) is 0 Å². The Balaban J connectivity index is 0.00000200. The quantitative estimate of drug-likeness (QED) is 0.606. The van der Waals surface area contributed by atoms with Crippen molar-refractivity contribution in [1.29, 1.82) is 0 Å². The minimum Gasteiger partial charge on any atom is -1.00 e. The van der Waals surface area contributed by atoms with Crippen molar-refractivity contribution in [3.05, 3.63) is 35.1 Å².